The van der Waals surface area contributed by atoms with Crippen molar-refractivity contribution in [1.29, 1.82) is 0 Å². The summed E-state index contributed by atoms with van der Waals surface area (Å²) in [6.45, 7) is 31.9. The number of carbonyl (C=O) groups excluding carboxylic acids is 6. The van der Waals surface area contributed by atoms with Crippen molar-refractivity contribution in [3.8, 4) is 0 Å². The molecule has 5 amide bonds. The van der Waals surface area contributed by atoms with Crippen molar-refractivity contribution in [3.63, 3.8) is 0 Å². The lowest BCUT2D eigenvalue weighted by atomic mass is 10.2. The van der Waals surface area contributed by atoms with Gasteiger partial charge in [-0.05, 0) is 133 Å². The van der Waals surface area contributed by atoms with Gasteiger partial charge in [0.15, 0.2) is 0 Å². The van der Waals surface area contributed by atoms with Crippen molar-refractivity contribution in [2.75, 3.05) is 6.61 Å². The second kappa shape index (κ2) is 25.7. The second-order valence-electron chi connectivity index (χ2n) is 23.2. The van der Waals surface area contributed by atoms with E-state index in [-0.39, 0.29) is 47.9 Å². The number of aliphatic carboxylic acids is 1. The van der Waals surface area contributed by atoms with Crippen molar-refractivity contribution in [2.24, 2.45) is 34.5 Å². The summed E-state index contributed by atoms with van der Waals surface area (Å²) in [7, 11) is -10.3. The SMILES string of the molecule is C=C[C@@H]1C[C@]1(N)C(=O)NS(=O)(=O)C1CC1.C=C[C@@H]1C[C@]1(NC(=O)OC(C)(C)C)C(=O)NS(=O)(=O)C1CC1.C=C[C@@H]1C[C@]1(NC(=O)OC(C)(C)C)C(=O)O.C=C[C@@H]1C[C@]1(NC(=O)OC(C)(C)C)C(=O)OCC.Cl.NS(=O)(=O)C1CC1. The highest BCUT2D eigenvalue weighted by Crippen LogP contribution is 2.47. The third-order valence-corrected chi connectivity index (χ3v) is 17.7. The van der Waals surface area contributed by atoms with Gasteiger partial charge in [0.1, 0.15) is 39.0 Å². The van der Waals surface area contributed by atoms with Gasteiger partial charge in [0, 0.05) is 23.7 Å². The number of sulfonamides is 3. The van der Waals surface area contributed by atoms with Gasteiger partial charge in [0.05, 0.1) is 22.4 Å². The third-order valence-electron chi connectivity index (χ3n) is 12.6. The number of rotatable bonds is 17. The maximum Gasteiger partial charge on any atom is 0.408 e. The minimum atomic E-state index is -3.66. The van der Waals surface area contributed by atoms with Crippen molar-refractivity contribution >= 4 is 84.5 Å². The highest BCUT2D eigenvalue weighted by molar-refractivity contribution is 7.91. The van der Waals surface area contributed by atoms with Gasteiger partial charge >= 0.3 is 30.2 Å². The van der Waals surface area contributed by atoms with E-state index in [9.17, 15) is 58.8 Å². The first-order valence-electron chi connectivity index (χ1n) is 25.3. The van der Waals surface area contributed by atoms with E-state index in [0.29, 0.717) is 51.4 Å². The summed E-state index contributed by atoms with van der Waals surface area (Å²) >= 11 is 0. The molecular formula is C50H82ClN7O18S3. The molecule has 7 saturated carbocycles. The Balaban J connectivity index is 0.000000347. The van der Waals surface area contributed by atoms with Crippen LogP contribution in [0.2, 0.25) is 0 Å². The number of nitrogens with one attached hydrogen (secondary N) is 5. The van der Waals surface area contributed by atoms with Gasteiger partial charge in [-0.25, -0.2) is 54.4 Å². The number of hydrogen-bond donors (Lipinski definition) is 8. The third kappa shape index (κ3) is 20.6. The lowest BCUT2D eigenvalue weighted by Crippen LogP contribution is -2.53. The van der Waals surface area contributed by atoms with Crippen LogP contribution in [0.25, 0.3) is 0 Å². The number of halogens is 1. The summed E-state index contributed by atoms with van der Waals surface area (Å²) in [5.41, 5.74) is -0.760. The zero-order valence-electron chi connectivity index (χ0n) is 46.6. The summed E-state index contributed by atoms with van der Waals surface area (Å²) in [5, 5.41) is 20.1. The first kappa shape index (κ1) is 69.8. The van der Waals surface area contributed by atoms with Crippen LogP contribution >= 0.6 is 12.4 Å². The number of esters is 1. The minimum absolute atomic E-state index is 0. The molecule has 79 heavy (non-hydrogen) atoms. The van der Waals surface area contributed by atoms with E-state index < -0.39 is 122 Å². The Morgan fingerprint density at radius 3 is 1.13 bits per heavy atom. The molecule has 0 aromatic heterocycles. The molecular weight excluding hydrogens is 1120 g/mol. The fraction of sp³-hybridized carbons (Fsp3) is 0.700. The zero-order valence-corrected chi connectivity index (χ0v) is 49.9. The average Bonchev–Trinajstić information content (AvgIpc) is 4.05. The molecule has 0 aromatic rings. The van der Waals surface area contributed by atoms with E-state index in [0.717, 1.165) is 12.8 Å². The Labute approximate surface area is 470 Å². The summed E-state index contributed by atoms with van der Waals surface area (Å²) in [6.07, 6.45) is 9.77. The highest BCUT2D eigenvalue weighted by atomic mass is 35.5. The summed E-state index contributed by atoms with van der Waals surface area (Å²) in [6, 6.07) is 0. The summed E-state index contributed by atoms with van der Waals surface area (Å²) < 4.78 is 91.4. The van der Waals surface area contributed by atoms with Crippen LogP contribution in [0.3, 0.4) is 0 Å². The van der Waals surface area contributed by atoms with Crippen molar-refractivity contribution in [3.05, 3.63) is 50.6 Å². The van der Waals surface area contributed by atoms with Crippen LogP contribution in [0.1, 0.15) is 133 Å². The molecule has 0 unspecified atom stereocenters. The van der Waals surface area contributed by atoms with Gasteiger partial charge in [-0.3, -0.25) is 19.0 Å². The second-order valence-corrected chi connectivity index (χ2v) is 29.0. The maximum atomic E-state index is 12.3. The predicted octanol–water partition coefficient (Wildman–Crippen LogP) is 3.98. The van der Waals surface area contributed by atoms with Gasteiger partial charge < -0.3 is 45.7 Å². The number of carboxylic acid groups (broad SMARTS) is 1. The molecule has 0 heterocycles. The van der Waals surface area contributed by atoms with Gasteiger partial charge in [0.25, 0.3) is 11.8 Å². The van der Waals surface area contributed by atoms with Crippen LogP contribution in [-0.4, -0.2) is 134 Å². The number of carbonyl (C=O) groups is 7. The number of carboxylic acids is 1. The van der Waals surface area contributed by atoms with E-state index in [1.165, 1.54) is 12.2 Å². The van der Waals surface area contributed by atoms with Crippen LogP contribution in [0.5, 0.6) is 0 Å². The van der Waals surface area contributed by atoms with Gasteiger partial charge in [0.2, 0.25) is 30.1 Å². The van der Waals surface area contributed by atoms with Gasteiger partial charge in [-0.15, -0.1) is 38.7 Å². The lowest BCUT2D eigenvalue weighted by molar-refractivity contribution is -0.147. The molecule has 7 rings (SSSR count). The highest BCUT2D eigenvalue weighted by Gasteiger charge is 2.63. The number of amides is 5. The molecule has 25 nitrogen and oxygen atoms in total. The molecule has 7 fully saturated rings. The molecule has 0 aliphatic heterocycles. The molecule has 10 N–H and O–H groups in total. The largest absolute Gasteiger partial charge is 0.479 e. The average molecular weight is 1200 g/mol. The standard InChI is InChI=1S/C14H22N2O5S.C13H21NO4.C11H17NO4.C9H14N2O3S.C3H7NO2S.ClH/c1-5-9-8-14(9,15-12(18)21-13(2,3)4)11(17)16-22(19,20)10-6-7-10;1-6-9-8-13(9,10(15)17-7-2)14-11(16)18-12(3,4)5;1-5-7-6-11(7,8(13)14)12-9(15)16-10(2,3)4;1-2-6-5-9(6,10)8(12)11-15(13,14)7-3-4-7;4-7(5,6)3-1-2-3;/h5,9-10H,1,6-8H2,2-4H3,(H,15,18)(H,16,17);6,9H,1,7-8H2,2-5H3,(H,14,16);5,7H,1,6H2,2-4H3,(H,12,15)(H,13,14);2,6-7H,1,3-5,10H2,(H,11,12);3H,1-2H2,(H2,4,5,6);1H/t9-,14-;9-,13-;7-,11-;6-,9-;;/m1111../s1. The molecule has 450 valence electrons. The number of ether oxygens (including phenoxy) is 4. The lowest BCUT2D eigenvalue weighted by Gasteiger charge is -2.23. The maximum absolute atomic E-state index is 12.3. The minimum Gasteiger partial charge on any atom is -0.479 e. The number of primary sulfonamides is 1. The van der Waals surface area contributed by atoms with Crippen molar-refractivity contribution in [1.82, 2.24) is 25.4 Å². The smallest absolute Gasteiger partial charge is 0.408 e. The summed E-state index contributed by atoms with van der Waals surface area (Å²) in [5.74, 6) is -3.54. The van der Waals surface area contributed by atoms with E-state index in [1.54, 1.807) is 81.4 Å². The Morgan fingerprint density at radius 1 is 0.544 bits per heavy atom. The van der Waals surface area contributed by atoms with Crippen LogP contribution in [0.4, 0.5) is 14.4 Å². The number of nitrogens with two attached hydrogens (primary N) is 2. The topological polar surface area (TPSA) is 391 Å². The van der Waals surface area contributed by atoms with Crippen molar-refractivity contribution in [2.45, 2.75) is 188 Å². The van der Waals surface area contributed by atoms with E-state index in [1.807, 2.05) is 4.72 Å². The number of alkyl carbamates (subject to hydrolysis) is 3. The molecule has 0 bridgehead atoms. The predicted molar refractivity (Wildman–Crippen MR) is 294 cm³/mol. The number of hydrogen-bond acceptors (Lipinski definition) is 18. The van der Waals surface area contributed by atoms with Gasteiger partial charge in [-0.1, -0.05) is 24.3 Å². The molecule has 8 atom stereocenters. The van der Waals surface area contributed by atoms with Gasteiger partial charge in [-0.2, -0.15) is 0 Å². The first-order valence-corrected chi connectivity index (χ1v) is 30.0. The van der Waals surface area contributed by atoms with Crippen LogP contribution in [0.15, 0.2) is 50.6 Å². The Bertz CT molecular complexity index is 2690. The van der Waals surface area contributed by atoms with E-state index in [4.69, 9.17) is 34.9 Å². The monoisotopic (exact) mass is 1200 g/mol. The molecule has 0 radical (unpaired) electrons. The Morgan fingerprint density at radius 2 is 0.861 bits per heavy atom. The first-order chi connectivity index (χ1) is 35.5. The Kier molecular flexibility index (Phi) is 22.7. The fourth-order valence-corrected chi connectivity index (χ4v) is 10.9. The van der Waals surface area contributed by atoms with Crippen LogP contribution < -0.4 is 36.3 Å². The Hall–Kier alpha value is -5.29. The molecule has 7 aliphatic carbocycles. The van der Waals surface area contributed by atoms with E-state index >= 15 is 0 Å². The summed E-state index contributed by atoms with van der Waals surface area (Å²) in [4.78, 5) is 81.9. The molecule has 7 aliphatic rings. The molecule has 0 saturated heterocycles. The molecule has 29 heteroatoms. The van der Waals surface area contributed by atoms with Crippen molar-refractivity contribution < 1.29 is 82.9 Å². The molecule has 0 spiro atoms. The van der Waals surface area contributed by atoms with Crippen LogP contribution in [-0.2, 0) is 68.2 Å². The fourth-order valence-electron chi connectivity index (χ4n) is 7.39. The van der Waals surface area contributed by atoms with E-state index in [2.05, 4.69) is 47.0 Å². The normalized spacial score (nSPS) is 27.9. The zero-order chi connectivity index (χ0) is 60.1. The van der Waals surface area contributed by atoms with Crippen LogP contribution in [0, 0.1) is 23.7 Å². The molecule has 0 aromatic carbocycles. The quantitative estimate of drug-likeness (QED) is 0.0580.